The molecule has 1 atom stereocenters. The number of fused-ring (bicyclic) bond motifs is 1. The highest BCUT2D eigenvalue weighted by Gasteiger charge is 2.25. The molecule has 2 N–H and O–H groups in total. The van der Waals surface area contributed by atoms with Gasteiger partial charge >= 0.3 is 5.97 Å². The number of nitrogens with zero attached hydrogens (tertiary/aromatic N) is 6. The first kappa shape index (κ1) is 24.5. The van der Waals surface area contributed by atoms with Crippen molar-refractivity contribution in [3.8, 4) is 11.4 Å². The number of esters is 1. The van der Waals surface area contributed by atoms with Crippen LogP contribution in [0.15, 0.2) is 31.2 Å². The maximum atomic E-state index is 13.6. The number of aromatic nitrogens is 4. The van der Waals surface area contributed by atoms with Crippen molar-refractivity contribution in [2.75, 3.05) is 58.9 Å². The summed E-state index contributed by atoms with van der Waals surface area (Å²) >= 11 is 0. The van der Waals surface area contributed by atoms with Crippen LogP contribution in [0.1, 0.15) is 28.5 Å². The van der Waals surface area contributed by atoms with E-state index in [9.17, 15) is 4.79 Å². The number of piperazine rings is 2. The van der Waals surface area contributed by atoms with Gasteiger partial charge in [-0.3, -0.25) is 4.90 Å². The van der Waals surface area contributed by atoms with Gasteiger partial charge in [0.2, 0.25) is 0 Å². The largest absolute Gasteiger partial charge is 0.458 e. The van der Waals surface area contributed by atoms with Gasteiger partial charge in [-0.05, 0) is 31.5 Å². The van der Waals surface area contributed by atoms with Crippen molar-refractivity contribution in [2.45, 2.75) is 20.0 Å². The van der Waals surface area contributed by atoms with Gasteiger partial charge in [0.15, 0.2) is 5.82 Å². The zero-order valence-corrected chi connectivity index (χ0v) is 21.5. The fourth-order valence-corrected chi connectivity index (χ4v) is 5.26. The minimum Gasteiger partial charge on any atom is -0.458 e. The van der Waals surface area contributed by atoms with Crippen LogP contribution in [0.25, 0.3) is 22.6 Å². The molecular weight excluding hydrogens is 456 g/mol. The maximum Gasteiger partial charge on any atom is 0.338 e. The summed E-state index contributed by atoms with van der Waals surface area (Å²) in [6.45, 7) is 16.6. The van der Waals surface area contributed by atoms with Crippen LogP contribution in [0.5, 0.6) is 0 Å². The first-order valence-electron chi connectivity index (χ1n) is 12.7. The average molecular weight is 493 g/mol. The predicted molar refractivity (Wildman–Crippen MR) is 140 cm³/mol. The highest BCUT2D eigenvalue weighted by Crippen LogP contribution is 2.32. The topological polar surface area (TPSA) is 92.0 Å². The summed E-state index contributed by atoms with van der Waals surface area (Å²) in [5.74, 6) is 0.434. The molecule has 0 radical (unpaired) electrons. The molecule has 1 unspecified atom stereocenters. The van der Waals surface area contributed by atoms with E-state index in [0.29, 0.717) is 5.56 Å². The molecule has 2 saturated heterocycles. The van der Waals surface area contributed by atoms with E-state index in [1.54, 1.807) is 11.0 Å². The Kier molecular flexibility index (Phi) is 7.08. The zero-order valence-electron chi connectivity index (χ0n) is 21.5. The number of nitrogens with one attached hydrogen (secondary N) is 2. The van der Waals surface area contributed by atoms with E-state index in [2.05, 4.69) is 41.5 Å². The number of rotatable bonds is 7. The number of ether oxygens (including phenoxy) is 1. The van der Waals surface area contributed by atoms with Crippen molar-refractivity contribution in [3.05, 3.63) is 48.1 Å². The molecule has 2 aliphatic rings. The lowest BCUT2D eigenvalue weighted by Gasteiger charge is -2.32. The van der Waals surface area contributed by atoms with E-state index in [1.807, 2.05) is 39.2 Å². The summed E-state index contributed by atoms with van der Waals surface area (Å²) < 4.78 is 9.84. The number of aryl methyl sites for hydroxylation is 1. The second kappa shape index (κ2) is 10.4. The van der Waals surface area contributed by atoms with Gasteiger partial charge in [0, 0.05) is 77.7 Å². The van der Waals surface area contributed by atoms with Crippen molar-refractivity contribution in [1.29, 1.82) is 0 Å². The minimum absolute atomic E-state index is 0.212. The lowest BCUT2D eigenvalue weighted by molar-refractivity contribution is 0.0241. The van der Waals surface area contributed by atoms with Gasteiger partial charge in [-0.15, -0.1) is 0 Å². The number of carbonyl (C=O) groups is 1. The molecule has 2 aliphatic heterocycles. The van der Waals surface area contributed by atoms with Gasteiger partial charge < -0.3 is 24.7 Å². The van der Waals surface area contributed by atoms with Crippen LogP contribution in [0.2, 0.25) is 0 Å². The average Bonchev–Trinajstić information content (AvgIpc) is 3.49. The first-order valence-corrected chi connectivity index (χ1v) is 12.7. The van der Waals surface area contributed by atoms with Crippen molar-refractivity contribution >= 4 is 17.2 Å². The third kappa shape index (κ3) is 4.76. The molecular formula is C26H36N8O2. The molecule has 10 nitrogen and oxygen atoms in total. The molecule has 2 fully saturated rings. The Morgan fingerprint density at radius 1 is 1.17 bits per heavy atom. The Balaban J connectivity index is 1.53. The van der Waals surface area contributed by atoms with E-state index in [-0.39, 0.29) is 12.1 Å². The molecule has 0 spiro atoms. The van der Waals surface area contributed by atoms with E-state index in [1.165, 1.54) is 0 Å². The Bertz CT molecular complexity index is 1250. The van der Waals surface area contributed by atoms with Crippen LogP contribution in [0.4, 0.5) is 0 Å². The van der Waals surface area contributed by atoms with E-state index in [0.717, 1.165) is 92.8 Å². The van der Waals surface area contributed by atoms with Gasteiger partial charge in [-0.25, -0.2) is 14.5 Å². The van der Waals surface area contributed by atoms with Crippen molar-refractivity contribution in [2.24, 2.45) is 7.05 Å². The maximum absolute atomic E-state index is 13.6. The molecule has 5 rings (SSSR count). The normalized spacial score (nSPS) is 17.9. The Morgan fingerprint density at radius 2 is 1.86 bits per heavy atom. The van der Waals surface area contributed by atoms with E-state index < -0.39 is 0 Å². The number of hydrogen-bond acceptors (Lipinski definition) is 8. The number of pyridine rings is 1. The van der Waals surface area contributed by atoms with Crippen LogP contribution in [0.3, 0.4) is 0 Å². The second-order valence-corrected chi connectivity index (χ2v) is 9.67. The standard InChI is InChI=1S/C26H36N8O2/c1-18(16-32-11-6-27-7-12-32)36-26(35)22-15-23-21(25-29-17-30-31(25)4)5-10-34(23)24(19(22)2)20(3)33-13-8-28-9-14-33/h5,10,15,17-18,27-28H,3,6-9,11-14,16H2,1-2,4H3. The molecule has 0 aromatic carbocycles. The van der Waals surface area contributed by atoms with E-state index >= 15 is 0 Å². The quantitative estimate of drug-likeness (QED) is 0.478. The number of hydrogen-bond donors (Lipinski definition) is 2. The summed E-state index contributed by atoms with van der Waals surface area (Å²) in [5.41, 5.74) is 5.04. The SMILES string of the molecule is C=C(c1c(C)c(C(=O)OC(C)CN2CCNCC2)cc2c(-c3ncnn3C)ccn12)N1CCNCC1. The third-order valence-electron chi connectivity index (χ3n) is 7.18. The molecule has 5 heterocycles. The molecule has 36 heavy (non-hydrogen) atoms. The minimum atomic E-state index is -0.308. The van der Waals surface area contributed by atoms with Gasteiger partial charge in [0.05, 0.1) is 22.5 Å². The van der Waals surface area contributed by atoms with E-state index in [4.69, 9.17) is 4.74 Å². The van der Waals surface area contributed by atoms with Crippen LogP contribution < -0.4 is 10.6 Å². The molecule has 0 bridgehead atoms. The summed E-state index contributed by atoms with van der Waals surface area (Å²) in [7, 11) is 1.87. The Morgan fingerprint density at radius 3 is 2.53 bits per heavy atom. The van der Waals surface area contributed by atoms with Crippen molar-refractivity contribution in [3.63, 3.8) is 0 Å². The van der Waals surface area contributed by atoms with Crippen molar-refractivity contribution in [1.82, 2.24) is 39.6 Å². The molecule has 0 saturated carbocycles. The first-order chi connectivity index (χ1) is 17.4. The van der Waals surface area contributed by atoms with Crippen LogP contribution >= 0.6 is 0 Å². The van der Waals surface area contributed by atoms with Gasteiger partial charge in [0.1, 0.15) is 12.4 Å². The summed E-state index contributed by atoms with van der Waals surface area (Å²) in [6, 6.07) is 3.95. The fraction of sp³-hybridized carbons (Fsp3) is 0.500. The molecule has 0 aliphatic carbocycles. The van der Waals surface area contributed by atoms with Crippen molar-refractivity contribution < 1.29 is 9.53 Å². The van der Waals surface area contributed by atoms with Gasteiger partial charge in [-0.2, -0.15) is 5.10 Å². The second-order valence-electron chi connectivity index (χ2n) is 9.67. The number of carbonyl (C=O) groups excluding carboxylic acids is 1. The van der Waals surface area contributed by atoms with Crippen LogP contribution in [-0.2, 0) is 11.8 Å². The molecule has 192 valence electrons. The summed E-state index contributed by atoms with van der Waals surface area (Å²) in [4.78, 5) is 22.6. The Hall–Kier alpha value is -3.21. The third-order valence-corrected chi connectivity index (χ3v) is 7.18. The molecule has 3 aromatic heterocycles. The molecule has 10 heteroatoms. The zero-order chi connectivity index (χ0) is 25.2. The molecule has 0 amide bonds. The van der Waals surface area contributed by atoms with Crippen LogP contribution in [-0.4, -0.2) is 99.9 Å². The van der Waals surface area contributed by atoms with Gasteiger partial charge in [0.25, 0.3) is 0 Å². The highest BCUT2D eigenvalue weighted by molar-refractivity contribution is 5.96. The predicted octanol–water partition coefficient (Wildman–Crippen LogP) is 1.37. The molecule has 3 aromatic rings. The summed E-state index contributed by atoms with van der Waals surface area (Å²) in [5, 5.41) is 11.0. The lowest BCUT2D eigenvalue weighted by Crippen LogP contribution is -2.46. The van der Waals surface area contributed by atoms with Crippen LogP contribution in [0, 0.1) is 6.92 Å². The summed E-state index contributed by atoms with van der Waals surface area (Å²) in [6.07, 6.45) is 3.36. The Labute approximate surface area is 211 Å². The smallest absolute Gasteiger partial charge is 0.338 e. The fourth-order valence-electron chi connectivity index (χ4n) is 5.26. The lowest BCUT2D eigenvalue weighted by atomic mass is 10.0. The highest BCUT2D eigenvalue weighted by atomic mass is 16.5. The van der Waals surface area contributed by atoms with Gasteiger partial charge in [-0.1, -0.05) is 6.58 Å². The monoisotopic (exact) mass is 492 g/mol.